The summed E-state index contributed by atoms with van der Waals surface area (Å²) in [5.41, 5.74) is 1.91. The Morgan fingerprint density at radius 2 is 1.93 bits per heavy atom. The van der Waals surface area contributed by atoms with Crippen molar-refractivity contribution in [3.63, 3.8) is 0 Å². The average Bonchev–Trinajstić information content (AvgIpc) is 3.03. The van der Waals surface area contributed by atoms with Gasteiger partial charge in [0.2, 0.25) is 5.91 Å². The first-order chi connectivity index (χ1) is 12.8. The van der Waals surface area contributed by atoms with Crippen LogP contribution >= 0.6 is 46.3 Å². The molecule has 5 nitrogen and oxygen atoms in total. The normalized spacial score (nSPS) is 10.8. The van der Waals surface area contributed by atoms with E-state index in [2.05, 4.69) is 10.3 Å². The minimum atomic E-state index is -0.274. The van der Waals surface area contributed by atoms with E-state index in [4.69, 9.17) is 23.2 Å². The van der Waals surface area contributed by atoms with Crippen molar-refractivity contribution < 1.29 is 9.59 Å². The first-order valence-electron chi connectivity index (χ1n) is 7.83. The molecule has 0 aliphatic heterocycles. The minimum absolute atomic E-state index is 0.0360. The van der Waals surface area contributed by atoms with Gasteiger partial charge in [-0.3, -0.25) is 9.59 Å². The highest BCUT2D eigenvalue weighted by Gasteiger charge is 2.12. The number of hydrogen-bond acceptors (Lipinski definition) is 5. The van der Waals surface area contributed by atoms with E-state index in [0.717, 1.165) is 14.6 Å². The maximum Gasteiger partial charge on any atom is 0.255 e. The van der Waals surface area contributed by atoms with Crippen LogP contribution in [-0.4, -0.2) is 41.5 Å². The predicted molar refractivity (Wildman–Crippen MR) is 113 cm³/mol. The number of thiazole rings is 1. The molecule has 0 saturated heterocycles. The molecule has 0 aliphatic rings. The summed E-state index contributed by atoms with van der Waals surface area (Å²) in [6.45, 7) is 0. The molecule has 3 rings (SSSR count). The summed E-state index contributed by atoms with van der Waals surface area (Å²) >= 11 is 14.7. The van der Waals surface area contributed by atoms with E-state index in [0.29, 0.717) is 27.0 Å². The maximum atomic E-state index is 12.4. The Balaban J connectivity index is 1.73. The second-order valence-corrected chi connectivity index (χ2v) is 8.89. The first-order valence-corrected chi connectivity index (χ1v) is 10.4. The van der Waals surface area contributed by atoms with Gasteiger partial charge in [0, 0.05) is 25.3 Å². The maximum absolute atomic E-state index is 12.4. The summed E-state index contributed by atoms with van der Waals surface area (Å²) < 4.78 is 1.75. The fourth-order valence-electron chi connectivity index (χ4n) is 2.14. The molecule has 0 saturated carbocycles. The third kappa shape index (κ3) is 4.93. The van der Waals surface area contributed by atoms with Gasteiger partial charge in [0.05, 0.1) is 26.0 Å². The SMILES string of the molecule is CN(C)C(=O)CSc1nc2ccc(NC(=O)c3ccc(Cl)c(Cl)c3)cc2s1. The highest BCUT2D eigenvalue weighted by molar-refractivity contribution is 8.01. The molecule has 27 heavy (non-hydrogen) atoms. The third-order valence-electron chi connectivity index (χ3n) is 3.63. The van der Waals surface area contributed by atoms with E-state index in [1.54, 1.807) is 37.2 Å². The van der Waals surface area contributed by atoms with Crippen LogP contribution in [0.2, 0.25) is 10.0 Å². The predicted octanol–water partition coefficient (Wildman–Crippen LogP) is 5.04. The van der Waals surface area contributed by atoms with Crippen molar-refractivity contribution in [1.29, 1.82) is 0 Å². The molecule has 0 spiro atoms. The molecular formula is C18H15Cl2N3O2S2. The second-order valence-electron chi connectivity index (χ2n) is 5.82. The highest BCUT2D eigenvalue weighted by Crippen LogP contribution is 2.31. The number of aromatic nitrogens is 1. The molecule has 0 atom stereocenters. The molecule has 1 heterocycles. The Morgan fingerprint density at radius 1 is 1.15 bits per heavy atom. The zero-order chi connectivity index (χ0) is 19.6. The summed E-state index contributed by atoms with van der Waals surface area (Å²) in [7, 11) is 3.45. The third-order valence-corrected chi connectivity index (χ3v) is 6.51. The van der Waals surface area contributed by atoms with Crippen LogP contribution in [0.5, 0.6) is 0 Å². The van der Waals surface area contributed by atoms with Gasteiger partial charge in [-0.05, 0) is 36.4 Å². The van der Waals surface area contributed by atoms with Crippen LogP contribution in [-0.2, 0) is 4.79 Å². The molecule has 0 bridgehead atoms. The molecule has 0 radical (unpaired) electrons. The van der Waals surface area contributed by atoms with E-state index in [1.165, 1.54) is 29.2 Å². The lowest BCUT2D eigenvalue weighted by atomic mass is 10.2. The summed E-state index contributed by atoms with van der Waals surface area (Å²) in [5.74, 6) is 0.103. The van der Waals surface area contributed by atoms with Gasteiger partial charge in [-0.15, -0.1) is 11.3 Å². The lowest BCUT2D eigenvalue weighted by Crippen LogP contribution is -2.23. The van der Waals surface area contributed by atoms with Crippen LogP contribution in [0.3, 0.4) is 0 Å². The number of nitrogens with zero attached hydrogens (tertiary/aromatic N) is 2. The van der Waals surface area contributed by atoms with Crippen LogP contribution in [0, 0.1) is 0 Å². The van der Waals surface area contributed by atoms with Crippen molar-refractivity contribution in [1.82, 2.24) is 9.88 Å². The molecule has 3 aromatic rings. The fourth-order valence-corrected chi connectivity index (χ4v) is 4.52. The van der Waals surface area contributed by atoms with Crippen molar-refractivity contribution in [2.75, 3.05) is 25.2 Å². The van der Waals surface area contributed by atoms with Crippen molar-refractivity contribution in [3.8, 4) is 0 Å². The Labute approximate surface area is 174 Å². The highest BCUT2D eigenvalue weighted by atomic mass is 35.5. The van der Waals surface area contributed by atoms with Gasteiger partial charge in [0.15, 0.2) is 4.34 Å². The largest absolute Gasteiger partial charge is 0.348 e. The quantitative estimate of drug-likeness (QED) is 0.565. The van der Waals surface area contributed by atoms with Gasteiger partial charge in [-0.2, -0.15) is 0 Å². The lowest BCUT2D eigenvalue weighted by molar-refractivity contribution is -0.125. The fraction of sp³-hybridized carbons (Fsp3) is 0.167. The summed E-state index contributed by atoms with van der Waals surface area (Å²) in [6.07, 6.45) is 0. The number of carbonyl (C=O) groups is 2. The van der Waals surface area contributed by atoms with Crippen molar-refractivity contribution >= 4 is 74.0 Å². The number of thioether (sulfide) groups is 1. The number of halogens is 2. The Morgan fingerprint density at radius 3 is 2.63 bits per heavy atom. The number of benzene rings is 2. The Hall–Kier alpha value is -1.80. The molecule has 2 amide bonds. The molecule has 0 unspecified atom stereocenters. The van der Waals surface area contributed by atoms with E-state index in [9.17, 15) is 9.59 Å². The number of rotatable bonds is 5. The van der Waals surface area contributed by atoms with Gasteiger partial charge in [0.1, 0.15) is 0 Å². The molecule has 1 aromatic heterocycles. The molecule has 2 aromatic carbocycles. The summed E-state index contributed by atoms with van der Waals surface area (Å²) in [6, 6.07) is 10.2. The van der Waals surface area contributed by atoms with Crippen LogP contribution in [0.15, 0.2) is 40.7 Å². The molecular weight excluding hydrogens is 425 g/mol. The van der Waals surface area contributed by atoms with Crippen LogP contribution < -0.4 is 5.32 Å². The topological polar surface area (TPSA) is 62.3 Å². The van der Waals surface area contributed by atoms with Crippen molar-refractivity contribution in [2.24, 2.45) is 0 Å². The number of carbonyl (C=O) groups excluding carboxylic acids is 2. The average molecular weight is 440 g/mol. The number of hydrogen-bond donors (Lipinski definition) is 1. The van der Waals surface area contributed by atoms with Crippen molar-refractivity contribution in [3.05, 3.63) is 52.0 Å². The number of nitrogens with one attached hydrogen (secondary N) is 1. The van der Waals surface area contributed by atoms with E-state index < -0.39 is 0 Å². The molecule has 1 N–H and O–H groups in total. The zero-order valence-corrected chi connectivity index (χ0v) is 17.6. The molecule has 0 aliphatic carbocycles. The summed E-state index contributed by atoms with van der Waals surface area (Å²) in [5, 5.41) is 3.57. The zero-order valence-electron chi connectivity index (χ0n) is 14.5. The van der Waals surface area contributed by atoms with Crippen LogP contribution in [0.1, 0.15) is 10.4 Å². The van der Waals surface area contributed by atoms with Crippen LogP contribution in [0.4, 0.5) is 5.69 Å². The van der Waals surface area contributed by atoms with E-state index in [1.807, 2.05) is 12.1 Å². The van der Waals surface area contributed by atoms with Crippen LogP contribution in [0.25, 0.3) is 10.2 Å². The monoisotopic (exact) mass is 439 g/mol. The Kier molecular flexibility index (Phi) is 6.26. The first kappa shape index (κ1) is 19.9. The van der Waals surface area contributed by atoms with E-state index >= 15 is 0 Å². The number of fused-ring (bicyclic) bond motifs is 1. The van der Waals surface area contributed by atoms with E-state index in [-0.39, 0.29) is 11.8 Å². The summed E-state index contributed by atoms with van der Waals surface area (Å²) in [4.78, 5) is 30.2. The molecule has 9 heteroatoms. The smallest absolute Gasteiger partial charge is 0.255 e. The lowest BCUT2D eigenvalue weighted by Gasteiger charge is -2.07. The van der Waals surface area contributed by atoms with Gasteiger partial charge in [0.25, 0.3) is 5.91 Å². The molecule has 0 fully saturated rings. The van der Waals surface area contributed by atoms with Gasteiger partial charge in [-0.25, -0.2) is 4.98 Å². The second kappa shape index (κ2) is 8.48. The number of amides is 2. The standard InChI is InChI=1S/C18H15Cl2N3O2S2/c1-23(2)16(24)9-26-18-22-14-6-4-11(8-15(14)27-18)21-17(25)10-3-5-12(19)13(20)7-10/h3-8H,9H2,1-2H3,(H,21,25). The molecule has 140 valence electrons. The van der Waals surface area contributed by atoms with Gasteiger partial charge in [-0.1, -0.05) is 35.0 Å². The van der Waals surface area contributed by atoms with Gasteiger partial charge < -0.3 is 10.2 Å². The minimum Gasteiger partial charge on any atom is -0.348 e. The van der Waals surface area contributed by atoms with Crippen molar-refractivity contribution in [2.45, 2.75) is 4.34 Å². The number of anilines is 1. The van der Waals surface area contributed by atoms with Gasteiger partial charge >= 0.3 is 0 Å². The Bertz CT molecular complexity index is 1020.